The van der Waals surface area contributed by atoms with Gasteiger partial charge in [0.25, 0.3) is 0 Å². The second-order valence-corrected chi connectivity index (χ2v) is 12.2. The van der Waals surface area contributed by atoms with Crippen LogP contribution in [0.1, 0.15) is 33.4 Å². The molecule has 5 aromatic rings. The first-order valence-corrected chi connectivity index (χ1v) is 14.7. The van der Waals surface area contributed by atoms with Gasteiger partial charge in [0.15, 0.2) is 0 Å². The fraction of sp³-hybridized carbons (Fsp3) is 0.143. The average molecular weight is 530 g/mol. The van der Waals surface area contributed by atoms with Gasteiger partial charge >= 0.3 is 0 Å². The normalized spacial score (nSPS) is 12.9. The minimum atomic E-state index is 1.09. The van der Waals surface area contributed by atoms with Crippen LogP contribution in [-0.2, 0) is 6.42 Å². The van der Waals surface area contributed by atoms with Gasteiger partial charge < -0.3 is 4.90 Å². The lowest BCUT2D eigenvalue weighted by molar-refractivity contribution is 1.01. The van der Waals surface area contributed by atoms with Crippen LogP contribution in [0.4, 0.5) is 17.1 Å². The third-order valence-corrected chi connectivity index (χ3v) is 9.69. The lowest BCUT2D eigenvalue weighted by Crippen LogP contribution is -2.17. The molecule has 0 saturated carbocycles. The topological polar surface area (TPSA) is 3.24 Å². The van der Waals surface area contributed by atoms with Crippen molar-refractivity contribution in [3.8, 4) is 0 Å². The summed E-state index contributed by atoms with van der Waals surface area (Å²) in [5.41, 5.74) is 12.3. The first kappa shape index (κ1) is 24.9. The maximum atomic E-state index is 2.41. The van der Waals surface area contributed by atoms with Crippen molar-refractivity contribution in [1.29, 1.82) is 0 Å². The molecule has 0 spiro atoms. The Morgan fingerprint density at radius 3 is 1.37 bits per heavy atom. The highest BCUT2D eigenvalue weighted by atomic mass is 32.2. The smallest absolute Gasteiger partial charge is 0.0630 e. The van der Waals surface area contributed by atoms with Gasteiger partial charge in [0, 0.05) is 31.7 Å². The van der Waals surface area contributed by atoms with Crippen LogP contribution >= 0.6 is 23.5 Å². The van der Waals surface area contributed by atoms with Gasteiger partial charge in [-0.2, -0.15) is 0 Å². The van der Waals surface area contributed by atoms with Crippen molar-refractivity contribution in [1.82, 2.24) is 0 Å². The summed E-state index contributed by atoms with van der Waals surface area (Å²) in [6.07, 6.45) is 1.09. The molecular formula is C35H31NS2. The molecule has 0 radical (unpaired) electrons. The van der Waals surface area contributed by atoms with Crippen LogP contribution in [0.5, 0.6) is 0 Å². The Morgan fingerprint density at radius 1 is 0.447 bits per heavy atom. The molecule has 2 aliphatic heterocycles. The van der Waals surface area contributed by atoms with Crippen molar-refractivity contribution in [3.63, 3.8) is 0 Å². The Kier molecular flexibility index (Phi) is 6.82. The molecular weight excluding hydrogens is 499 g/mol. The molecule has 1 nitrogen and oxygen atoms in total. The molecule has 38 heavy (non-hydrogen) atoms. The molecule has 0 atom stereocenters. The van der Waals surface area contributed by atoms with E-state index in [1.54, 1.807) is 0 Å². The Labute approximate surface area is 234 Å². The number of para-hydroxylation sites is 3. The summed E-state index contributed by atoms with van der Waals surface area (Å²) in [5, 5.41) is 0. The largest absolute Gasteiger partial charge is 0.308 e. The van der Waals surface area contributed by atoms with Gasteiger partial charge in [-0.1, -0.05) is 90.3 Å². The van der Waals surface area contributed by atoms with Gasteiger partial charge in [0.1, 0.15) is 0 Å². The van der Waals surface area contributed by atoms with Gasteiger partial charge in [-0.3, -0.25) is 0 Å². The molecule has 2 aliphatic rings. The highest BCUT2D eigenvalue weighted by molar-refractivity contribution is 8.00. The Hall–Kier alpha value is -3.40. The zero-order chi connectivity index (χ0) is 26.2. The van der Waals surface area contributed by atoms with E-state index in [0.29, 0.717) is 0 Å². The number of fused-ring (bicyclic) bond motifs is 4. The molecule has 0 fully saturated rings. The summed E-state index contributed by atoms with van der Waals surface area (Å²) >= 11 is 3.78. The number of aryl methyl sites for hydroxylation is 4. The van der Waals surface area contributed by atoms with Crippen LogP contribution in [0.3, 0.4) is 0 Å². The second kappa shape index (κ2) is 10.4. The van der Waals surface area contributed by atoms with Crippen LogP contribution in [0.15, 0.2) is 123 Å². The molecule has 0 N–H and O–H groups in total. The van der Waals surface area contributed by atoms with Gasteiger partial charge in [-0.05, 0) is 97.5 Å². The first-order valence-electron chi connectivity index (χ1n) is 13.1. The van der Waals surface area contributed by atoms with Crippen LogP contribution in [0, 0.1) is 27.7 Å². The minimum Gasteiger partial charge on any atom is -0.308 e. The van der Waals surface area contributed by atoms with E-state index in [1.165, 1.54) is 70.0 Å². The van der Waals surface area contributed by atoms with E-state index in [-0.39, 0.29) is 0 Å². The lowest BCUT2D eigenvalue weighted by atomic mass is 9.97. The van der Waals surface area contributed by atoms with Crippen molar-refractivity contribution >= 4 is 40.6 Å². The fourth-order valence-electron chi connectivity index (χ4n) is 5.36. The number of hydrogen-bond donors (Lipinski definition) is 0. The number of hydrogen-bond acceptors (Lipinski definition) is 3. The van der Waals surface area contributed by atoms with Crippen LogP contribution in [0.2, 0.25) is 0 Å². The zero-order valence-electron chi connectivity index (χ0n) is 22.3. The number of anilines is 3. The molecule has 7 rings (SSSR count). The zero-order valence-corrected chi connectivity index (χ0v) is 23.9. The van der Waals surface area contributed by atoms with Gasteiger partial charge in [-0.25, -0.2) is 0 Å². The highest BCUT2D eigenvalue weighted by Crippen LogP contribution is 2.53. The molecule has 0 aromatic heterocycles. The van der Waals surface area contributed by atoms with E-state index in [0.717, 1.165) is 6.42 Å². The lowest BCUT2D eigenvalue weighted by Gasteiger charge is -2.35. The van der Waals surface area contributed by atoms with E-state index in [4.69, 9.17) is 0 Å². The SMILES string of the molecule is Cc1cccc2c1Cc1c(C)cccc1S2.Cc1cccc2c1N(c1ccccc1)c1c(C)cccc1S2. The molecule has 2 heterocycles. The van der Waals surface area contributed by atoms with Gasteiger partial charge in [-0.15, -0.1) is 0 Å². The quantitative estimate of drug-likeness (QED) is 0.208. The fourth-order valence-corrected chi connectivity index (χ4v) is 7.83. The van der Waals surface area contributed by atoms with E-state index in [1.807, 2.05) is 23.5 Å². The van der Waals surface area contributed by atoms with Crippen molar-refractivity contribution in [2.45, 2.75) is 53.7 Å². The third kappa shape index (κ3) is 4.55. The van der Waals surface area contributed by atoms with Gasteiger partial charge in [0.2, 0.25) is 0 Å². The monoisotopic (exact) mass is 529 g/mol. The predicted molar refractivity (Wildman–Crippen MR) is 164 cm³/mol. The molecule has 0 unspecified atom stereocenters. The maximum absolute atomic E-state index is 2.41. The summed E-state index contributed by atoms with van der Waals surface area (Å²) < 4.78 is 0. The number of benzene rings is 5. The second-order valence-electron chi connectivity index (χ2n) is 10.00. The third-order valence-electron chi connectivity index (χ3n) is 7.39. The molecule has 5 aromatic carbocycles. The predicted octanol–water partition coefficient (Wildman–Crippen LogP) is 10.6. The highest BCUT2D eigenvalue weighted by Gasteiger charge is 2.27. The standard InChI is InChI=1S/C20H17NS.C15H14S/c1-14-8-6-12-17-19(14)21(16-10-4-3-5-11-16)20-15(2)9-7-13-18(20)22-17;1-10-5-3-7-14-12(10)9-13-11(2)6-4-8-15(13)16-14/h3-13H,1-2H3;3-8H,9H2,1-2H3. The Balaban J connectivity index is 0.000000146. The molecule has 0 bridgehead atoms. The first-order chi connectivity index (χ1) is 18.5. The maximum Gasteiger partial charge on any atom is 0.0630 e. The summed E-state index contributed by atoms with van der Waals surface area (Å²) in [6, 6.07) is 37.0. The molecule has 3 heteroatoms. The van der Waals surface area contributed by atoms with Crippen LogP contribution < -0.4 is 4.90 Å². The van der Waals surface area contributed by atoms with Crippen LogP contribution in [-0.4, -0.2) is 0 Å². The van der Waals surface area contributed by atoms with Gasteiger partial charge in [0.05, 0.1) is 11.4 Å². The number of nitrogens with zero attached hydrogens (tertiary/aromatic N) is 1. The van der Waals surface area contributed by atoms with E-state index >= 15 is 0 Å². The summed E-state index contributed by atoms with van der Waals surface area (Å²) in [7, 11) is 0. The number of rotatable bonds is 1. The molecule has 0 aliphatic carbocycles. The van der Waals surface area contributed by atoms with Crippen molar-refractivity contribution < 1.29 is 0 Å². The average Bonchev–Trinajstić information content (AvgIpc) is 2.93. The molecule has 0 amide bonds. The van der Waals surface area contributed by atoms with E-state index in [9.17, 15) is 0 Å². The van der Waals surface area contributed by atoms with Crippen molar-refractivity contribution in [2.75, 3.05) is 4.90 Å². The van der Waals surface area contributed by atoms with Crippen molar-refractivity contribution in [2.24, 2.45) is 0 Å². The Bertz CT molecular complexity index is 1540. The van der Waals surface area contributed by atoms with Crippen LogP contribution in [0.25, 0.3) is 0 Å². The van der Waals surface area contributed by atoms with E-state index < -0.39 is 0 Å². The summed E-state index contributed by atoms with van der Waals surface area (Å²) in [5.74, 6) is 0. The summed E-state index contributed by atoms with van der Waals surface area (Å²) in [6.45, 7) is 8.81. The molecule has 0 saturated heterocycles. The van der Waals surface area contributed by atoms with Crippen molar-refractivity contribution in [3.05, 3.63) is 137 Å². The Morgan fingerprint density at radius 2 is 0.868 bits per heavy atom. The van der Waals surface area contributed by atoms with E-state index in [2.05, 4.69) is 136 Å². The minimum absolute atomic E-state index is 1.09. The molecule has 188 valence electrons. The summed E-state index contributed by atoms with van der Waals surface area (Å²) in [4.78, 5) is 7.91.